The molecule has 30 heavy (non-hydrogen) atoms. The van der Waals surface area contributed by atoms with Crippen LogP contribution in [0.5, 0.6) is 5.75 Å². The quantitative estimate of drug-likeness (QED) is 0.565. The fourth-order valence-corrected chi connectivity index (χ4v) is 3.76. The van der Waals surface area contributed by atoms with E-state index in [4.69, 9.17) is 16.3 Å². The van der Waals surface area contributed by atoms with Gasteiger partial charge in [0.25, 0.3) is 0 Å². The summed E-state index contributed by atoms with van der Waals surface area (Å²) in [6.45, 7) is 2.02. The summed E-state index contributed by atoms with van der Waals surface area (Å²) < 4.78 is 7.60. The number of anilines is 1. The number of hydrogen-bond donors (Lipinski definition) is 3. The van der Waals surface area contributed by atoms with E-state index in [9.17, 15) is 9.90 Å². The highest BCUT2D eigenvalue weighted by molar-refractivity contribution is 6.30. The number of amides is 2. The van der Waals surface area contributed by atoms with Crippen molar-refractivity contribution in [3.05, 3.63) is 41.0 Å². The van der Waals surface area contributed by atoms with Gasteiger partial charge in [-0.2, -0.15) is 5.10 Å². The topological polar surface area (TPSA) is 91.7 Å². The first-order chi connectivity index (χ1) is 14.5. The Hall–Kier alpha value is -2.29. The molecule has 9 heteroatoms. The van der Waals surface area contributed by atoms with Crippen molar-refractivity contribution < 1.29 is 14.6 Å². The number of halogens is 1. The number of hydrogen-bond acceptors (Lipinski definition) is 5. The summed E-state index contributed by atoms with van der Waals surface area (Å²) in [6, 6.07) is 8.99. The van der Waals surface area contributed by atoms with Gasteiger partial charge in [-0.15, -0.1) is 0 Å². The summed E-state index contributed by atoms with van der Waals surface area (Å²) in [4.78, 5) is 14.4. The van der Waals surface area contributed by atoms with Gasteiger partial charge in [0.2, 0.25) is 0 Å². The zero-order chi connectivity index (χ0) is 21.1. The van der Waals surface area contributed by atoms with Gasteiger partial charge in [0.05, 0.1) is 12.3 Å². The van der Waals surface area contributed by atoms with Crippen LogP contribution in [0.1, 0.15) is 30.9 Å². The van der Waals surface area contributed by atoms with Gasteiger partial charge in [-0.3, -0.25) is 14.9 Å². The largest absolute Gasteiger partial charge is 0.488 e. The maximum absolute atomic E-state index is 12.2. The summed E-state index contributed by atoms with van der Waals surface area (Å²) in [5, 5.41) is 20.6. The van der Waals surface area contributed by atoms with Crippen LogP contribution in [-0.4, -0.2) is 64.2 Å². The first-order valence-electron chi connectivity index (χ1n) is 10.4. The SMILES string of the molecule is Cn1nc(C2CC2)cc1NC(=O)NCC[C@@H](CO)N1CC(Oc2ccc(Cl)cc2)C1. The predicted molar refractivity (Wildman–Crippen MR) is 115 cm³/mol. The highest BCUT2D eigenvalue weighted by Crippen LogP contribution is 2.39. The zero-order valence-electron chi connectivity index (χ0n) is 17.1. The van der Waals surface area contributed by atoms with Gasteiger partial charge in [0.15, 0.2) is 0 Å². The number of aliphatic hydroxyl groups excluding tert-OH is 1. The molecule has 0 spiro atoms. The molecule has 2 fully saturated rings. The molecule has 1 atom stereocenters. The second-order valence-corrected chi connectivity index (χ2v) is 8.44. The fourth-order valence-electron chi connectivity index (χ4n) is 3.64. The number of aryl methyl sites for hydroxylation is 1. The molecule has 2 aliphatic rings. The zero-order valence-corrected chi connectivity index (χ0v) is 17.8. The molecule has 1 aromatic heterocycles. The molecule has 0 radical (unpaired) electrons. The highest BCUT2D eigenvalue weighted by Gasteiger charge is 2.33. The third-order valence-electron chi connectivity index (χ3n) is 5.62. The number of aromatic nitrogens is 2. The average molecular weight is 434 g/mol. The Balaban J connectivity index is 1.16. The normalized spacial score (nSPS) is 18.0. The number of carbonyl (C=O) groups excluding carboxylic acids is 1. The minimum Gasteiger partial charge on any atom is -0.488 e. The number of ether oxygens (including phenoxy) is 1. The molecule has 4 rings (SSSR count). The lowest BCUT2D eigenvalue weighted by atomic mass is 10.1. The lowest BCUT2D eigenvalue weighted by Crippen LogP contribution is -2.59. The van der Waals surface area contributed by atoms with E-state index in [1.165, 1.54) is 12.8 Å². The molecule has 3 N–H and O–H groups in total. The maximum atomic E-state index is 12.2. The summed E-state index contributed by atoms with van der Waals surface area (Å²) in [5.41, 5.74) is 1.04. The van der Waals surface area contributed by atoms with Crippen molar-refractivity contribution in [3.8, 4) is 5.75 Å². The predicted octanol–water partition coefficient (Wildman–Crippen LogP) is 2.59. The highest BCUT2D eigenvalue weighted by atomic mass is 35.5. The van der Waals surface area contributed by atoms with Gasteiger partial charge in [0.1, 0.15) is 17.7 Å². The second kappa shape index (κ2) is 9.24. The molecule has 1 saturated carbocycles. The van der Waals surface area contributed by atoms with Crippen LogP contribution in [0, 0.1) is 0 Å². The minimum atomic E-state index is -0.260. The van der Waals surface area contributed by atoms with Crippen LogP contribution < -0.4 is 15.4 Å². The van der Waals surface area contributed by atoms with Crippen LogP contribution in [0.25, 0.3) is 0 Å². The van der Waals surface area contributed by atoms with E-state index in [1.807, 2.05) is 25.2 Å². The van der Waals surface area contributed by atoms with Gasteiger partial charge in [0, 0.05) is 49.7 Å². The molecule has 8 nitrogen and oxygen atoms in total. The van der Waals surface area contributed by atoms with E-state index in [2.05, 4.69) is 20.6 Å². The molecule has 1 aliphatic heterocycles. The number of nitrogens with one attached hydrogen (secondary N) is 2. The van der Waals surface area contributed by atoms with Crippen molar-refractivity contribution in [2.45, 2.75) is 37.3 Å². The summed E-state index contributed by atoms with van der Waals surface area (Å²) >= 11 is 5.89. The number of benzene rings is 1. The molecule has 1 aromatic carbocycles. The molecule has 0 unspecified atom stereocenters. The van der Waals surface area contributed by atoms with Crippen molar-refractivity contribution >= 4 is 23.4 Å². The number of nitrogens with zero attached hydrogens (tertiary/aromatic N) is 3. The number of urea groups is 1. The molecule has 0 bridgehead atoms. The van der Waals surface area contributed by atoms with E-state index in [-0.39, 0.29) is 24.8 Å². The molecule has 1 aliphatic carbocycles. The van der Waals surface area contributed by atoms with Crippen molar-refractivity contribution in [1.29, 1.82) is 0 Å². The van der Waals surface area contributed by atoms with Crippen molar-refractivity contribution in [2.75, 3.05) is 31.6 Å². The van der Waals surface area contributed by atoms with Gasteiger partial charge in [-0.25, -0.2) is 4.79 Å². The summed E-state index contributed by atoms with van der Waals surface area (Å²) in [5.74, 6) is 2.03. The Morgan fingerprint density at radius 3 is 2.73 bits per heavy atom. The number of carbonyl (C=O) groups is 1. The lowest BCUT2D eigenvalue weighted by molar-refractivity contribution is -0.0261. The van der Waals surface area contributed by atoms with Crippen LogP contribution in [0.3, 0.4) is 0 Å². The van der Waals surface area contributed by atoms with Gasteiger partial charge >= 0.3 is 6.03 Å². The van der Waals surface area contributed by atoms with Crippen LogP contribution in [0.15, 0.2) is 30.3 Å². The van der Waals surface area contributed by atoms with E-state index in [0.717, 1.165) is 24.5 Å². The summed E-state index contributed by atoms with van der Waals surface area (Å²) in [7, 11) is 1.83. The summed E-state index contributed by atoms with van der Waals surface area (Å²) in [6.07, 6.45) is 3.11. The monoisotopic (exact) mass is 433 g/mol. The smallest absolute Gasteiger partial charge is 0.320 e. The van der Waals surface area contributed by atoms with E-state index >= 15 is 0 Å². The molecule has 2 aromatic rings. The Morgan fingerprint density at radius 1 is 1.33 bits per heavy atom. The molecule has 2 amide bonds. The Morgan fingerprint density at radius 2 is 2.07 bits per heavy atom. The fraction of sp³-hybridized carbons (Fsp3) is 0.524. The third-order valence-corrected chi connectivity index (χ3v) is 5.87. The molecule has 162 valence electrons. The first kappa shape index (κ1) is 21.0. The molecule has 2 heterocycles. The van der Waals surface area contributed by atoms with Gasteiger partial charge in [-0.1, -0.05) is 11.6 Å². The van der Waals surface area contributed by atoms with Crippen LogP contribution in [0.4, 0.5) is 10.6 Å². The van der Waals surface area contributed by atoms with Crippen LogP contribution in [-0.2, 0) is 7.05 Å². The lowest BCUT2D eigenvalue weighted by Gasteiger charge is -2.43. The minimum absolute atomic E-state index is 0.00598. The van der Waals surface area contributed by atoms with E-state index < -0.39 is 0 Å². The van der Waals surface area contributed by atoms with Crippen molar-refractivity contribution in [2.24, 2.45) is 7.05 Å². The Bertz CT molecular complexity index is 862. The van der Waals surface area contributed by atoms with Crippen LogP contribution in [0.2, 0.25) is 5.02 Å². The number of likely N-dealkylation sites (tertiary alicyclic amines) is 1. The average Bonchev–Trinajstić information content (AvgIpc) is 3.48. The third kappa shape index (κ3) is 5.24. The Labute approximate surface area is 181 Å². The van der Waals surface area contributed by atoms with E-state index in [1.54, 1.807) is 16.8 Å². The van der Waals surface area contributed by atoms with Gasteiger partial charge in [-0.05, 0) is 43.5 Å². The van der Waals surface area contributed by atoms with Gasteiger partial charge < -0.3 is 15.2 Å². The Kier molecular flexibility index (Phi) is 6.46. The van der Waals surface area contributed by atoms with Crippen molar-refractivity contribution in [3.63, 3.8) is 0 Å². The molecular weight excluding hydrogens is 406 g/mol. The standard InChI is InChI=1S/C21H28ClN5O3/c1-26-20(10-19(25-26)14-2-3-14)24-21(29)23-9-8-16(13-28)27-11-18(12-27)30-17-6-4-15(22)5-7-17/h4-7,10,14,16,18,28H,2-3,8-9,11-13H2,1H3,(H2,23,24,29)/t16-/m0/s1. The second-order valence-electron chi connectivity index (χ2n) is 8.01. The first-order valence-corrected chi connectivity index (χ1v) is 10.8. The molecule has 1 saturated heterocycles. The number of rotatable bonds is 9. The van der Waals surface area contributed by atoms with E-state index in [0.29, 0.717) is 29.7 Å². The molecular formula is C21H28ClN5O3. The van der Waals surface area contributed by atoms with Crippen molar-refractivity contribution in [1.82, 2.24) is 20.0 Å². The maximum Gasteiger partial charge on any atom is 0.320 e. The number of aliphatic hydroxyl groups is 1. The van der Waals surface area contributed by atoms with Crippen LogP contribution >= 0.6 is 11.6 Å².